The van der Waals surface area contributed by atoms with Gasteiger partial charge in [0, 0.05) is 24.5 Å². The van der Waals surface area contributed by atoms with Gasteiger partial charge in [-0.1, -0.05) is 12.8 Å². The fraction of sp³-hybridized carbons (Fsp3) is 0.750. The molecule has 1 fully saturated rings. The van der Waals surface area contributed by atoms with Crippen LogP contribution in [0.5, 0.6) is 0 Å². The molecule has 1 atom stereocenters. The van der Waals surface area contributed by atoms with Crippen LogP contribution >= 0.6 is 0 Å². The lowest BCUT2D eigenvalue weighted by molar-refractivity contribution is 0.479. The molecule has 0 aromatic carbocycles. The van der Waals surface area contributed by atoms with E-state index in [0.717, 1.165) is 11.9 Å². The summed E-state index contributed by atoms with van der Waals surface area (Å²) in [7, 11) is 0. The molecule has 0 spiro atoms. The number of hydrogen-bond donors (Lipinski definition) is 1. The average molecular weight is 207 g/mol. The Morgan fingerprint density at radius 1 is 1.47 bits per heavy atom. The smallest absolute Gasteiger partial charge is 0.203 e. The van der Waals surface area contributed by atoms with Crippen molar-refractivity contribution in [1.82, 2.24) is 9.55 Å². The van der Waals surface area contributed by atoms with E-state index in [9.17, 15) is 0 Å². The molecule has 1 unspecified atom stereocenters. The van der Waals surface area contributed by atoms with Crippen LogP contribution in [0.3, 0.4) is 0 Å². The summed E-state index contributed by atoms with van der Waals surface area (Å²) in [4.78, 5) is 4.36. The number of rotatable bonds is 5. The molecule has 1 N–H and O–H groups in total. The quantitative estimate of drug-likeness (QED) is 0.804. The molecule has 1 aliphatic carbocycles. The zero-order chi connectivity index (χ0) is 10.8. The monoisotopic (exact) mass is 207 g/mol. The predicted octanol–water partition coefficient (Wildman–Crippen LogP) is 3.06. The second-order valence-corrected chi connectivity index (χ2v) is 4.99. The normalized spacial score (nSPS) is 18.1. The Labute approximate surface area is 91.9 Å². The first-order chi connectivity index (χ1) is 7.16. The Morgan fingerprint density at radius 2 is 2.20 bits per heavy atom. The van der Waals surface area contributed by atoms with Crippen molar-refractivity contribution in [3.8, 4) is 0 Å². The Morgan fingerprint density at radius 3 is 2.80 bits per heavy atom. The van der Waals surface area contributed by atoms with Crippen LogP contribution in [0.25, 0.3) is 0 Å². The van der Waals surface area contributed by atoms with Crippen molar-refractivity contribution >= 4 is 5.95 Å². The summed E-state index contributed by atoms with van der Waals surface area (Å²) >= 11 is 0. The lowest BCUT2D eigenvalue weighted by atomic mass is 10.1. The second-order valence-electron chi connectivity index (χ2n) is 4.99. The van der Waals surface area contributed by atoms with Gasteiger partial charge in [-0.15, -0.1) is 0 Å². The van der Waals surface area contributed by atoms with Gasteiger partial charge in [-0.3, -0.25) is 0 Å². The van der Waals surface area contributed by atoms with Gasteiger partial charge < -0.3 is 9.88 Å². The molecule has 0 bridgehead atoms. The van der Waals surface area contributed by atoms with Crippen LogP contribution in [0.1, 0.15) is 46.1 Å². The molecular weight excluding hydrogens is 186 g/mol. The van der Waals surface area contributed by atoms with E-state index < -0.39 is 0 Å². The summed E-state index contributed by atoms with van der Waals surface area (Å²) < 4.78 is 2.26. The molecule has 0 amide bonds. The first kappa shape index (κ1) is 10.5. The van der Waals surface area contributed by atoms with Crippen molar-refractivity contribution in [2.45, 2.75) is 52.1 Å². The minimum atomic E-state index is 0.444. The van der Waals surface area contributed by atoms with Crippen molar-refractivity contribution in [2.75, 3.05) is 5.32 Å². The van der Waals surface area contributed by atoms with E-state index in [1.165, 1.54) is 19.3 Å². The molecule has 2 rings (SSSR count). The number of hydrogen-bond acceptors (Lipinski definition) is 2. The van der Waals surface area contributed by atoms with Crippen LogP contribution in [0, 0.1) is 5.92 Å². The van der Waals surface area contributed by atoms with E-state index in [1.807, 2.05) is 6.20 Å². The Kier molecular flexibility index (Phi) is 2.98. The molecule has 1 saturated carbocycles. The predicted molar refractivity (Wildman–Crippen MR) is 63.0 cm³/mol. The maximum atomic E-state index is 4.36. The van der Waals surface area contributed by atoms with E-state index in [2.05, 4.69) is 41.8 Å². The van der Waals surface area contributed by atoms with Gasteiger partial charge in [0.1, 0.15) is 0 Å². The van der Waals surface area contributed by atoms with Crippen LogP contribution < -0.4 is 5.32 Å². The van der Waals surface area contributed by atoms with Crippen molar-refractivity contribution < 1.29 is 0 Å². The highest BCUT2D eigenvalue weighted by Gasteiger charge is 2.24. The maximum Gasteiger partial charge on any atom is 0.203 e. The number of imidazole rings is 1. The fourth-order valence-corrected chi connectivity index (χ4v) is 1.99. The molecule has 84 valence electrons. The average Bonchev–Trinajstić information content (AvgIpc) is 2.83. The first-order valence-electron chi connectivity index (χ1n) is 5.96. The largest absolute Gasteiger partial charge is 0.353 e. The summed E-state index contributed by atoms with van der Waals surface area (Å²) in [5.41, 5.74) is 0. The van der Waals surface area contributed by atoms with Gasteiger partial charge in [0.05, 0.1) is 0 Å². The molecule has 0 radical (unpaired) electrons. The summed E-state index contributed by atoms with van der Waals surface area (Å²) in [5, 5.41) is 3.38. The highest BCUT2D eigenvalue weighted by molar-refractivity contribution is 5.27. The SMILES string of the molecule is CC(C)Nc1nccn1C(C)CC1CC1. The van der Waals surface area contributed by atoms with Gasteiger partial charge >= 0.3 is 0 Å². The van der Waals surface area contributed by atoms with Crippen LogP contribution in [0.2, 0.25) is 0 Å². The zero-order valence-corrected chi connectivity index (χ0v) is 9.90. The summed E-state index contributed by atoms with van der Waals surface area (Å²) in [6, 6.07) is 1.01. The molecule has 0 saturated heterocycles. The second kappa shape index (κ2) is 4.25. The Bertz CT molecular complexity index is 312. The molecule has 1 aromatic rings. The van der Waals surface area contributed by atoms with Crippen LogP contribution in [-0.4, -0.2) is 15.6 Å². The molecular formula is C12H21N3. The Balaban J connectivity index is 2.01. The number of aromatic nitrogens is 2. The molecule has 3 nitrogen and oxygen atoms in total. The number of nitrogens with one attached hydrogen (secondary N) is 1. The first-order valence-corrected chi connectivity index (χ1v) is 5.96. The molecule has 1 aromatic heterocycles. The highest BCUT2D eigenvalue weighted by Crippen LogP contribution is 2.37. The minimum absolute atomic E-state index is 0.444. The van der Waals surface area contributed by atoms with Gasteiger partial charge in [-0.05, 0) is 33.1 Å². The van der Waals surface area contributed by atoms with Gasteiger partial charge in [-0.25, -0.2) is 4.98 Å². The molecule has 1 heterocycles. The fourth-order valence-electron chi connectivity index (χ4n) is 1.99. The van der Waals surface area contributed by atoms with Gasteiger partial charge in [-0.2, -0.15) is 0 Å². The molecule has 1 aliphatic rings. The third-order valence-corrected chi connectivity index (χ3v) is 2.93. The third kappa shape index (κ3) is 2.74. The van der Waals surface area contributed by atoms with Crippen molar-refractivity contribution in [2.24, 2.45) is 5.92 Å². The van der Waals surface area contributed by atoms with Gasteiger partial charge in [0.2, 0.25) is 5.95 Å². The van der Waals surface area contributed by atoms with Crippen molar-refractivity contribution in [3.05, 3.63) is 12.4 Å². The van der Waals surface area contributed by atoms with Crippen LogP contribution in [-0.2, 0) is 0 Å². The van der Waals surface area contributed by atoms with Gasteiger partial charge in [0.25, 0.3) is 0 Å². The van der Waals surface area contributed by atoms with E-state index >= 15 is 0 Å². The van der Waals surface area contributed by atoms with Crippen LogP contribution in [0.4, 0.5) is 5.95 Å². The zero-order valence-electron chi connectivity index (χ0n) is 9.90. The molecule has 15 heavy (non-hydrogen) atoms. The van der Waals surface area contributed by atoms with E-state index in [-0.39, 0.29) is 0 Å². The van der Waals surface area contributed by atoms with Gasteiger partial charge in [0.15, 0.2) is 0 Å². The van der Waals surface area contributed by atoms with E-state index in [1.54, 1.807) is 0 Å². The van der Waals surface area contributed by atoms with Crippen molar-refractivity contribution in [3.63, 3.8) is 0 Å². The summed E-state index contributed by atoms with van der Waals surface area (Å²) in [6.45, 7) is 6.57. The lowest BCUT2D eigenvalue weighted by Gasteiger charge is -2.18. The summed E-state index contributed by atoms with van der Waals surface area (Å²) in [5.74, 6) is 1.98. The lowest BCUT2D eigenvalue weighted by Crippen LogP contribution is -2.16. The highest BCUT2D eigenvalue weighted by atomic mass is 15.2. The molecule has 0 aliphatic heterocycles. The Hall–Kier alpha value is -0.990. The topological polar surface area (TPSA) is 29.9 Å². The van der Waals surface area contributed by atoms with Crippen LogP contribution in [0.15, 0.2) is 12.4 Å². The third-order valence-electron chi connectivity index (χ3n) is 2.93. The standard InChI is InChI=1S/C12H21N3/c1-9(2)14-12-13-6-7-15(12)10(3)8-11-4-5-11/h6-7,9-11H,4-5,8H2,1-3H3,(H,13,14). The van der Waals surface area contributed by atoms with Crippen molar-refractivity contribution in [1.29, 1.82) is 0 Å². The number of nitrogens with zero attached hydrogens (tertiary/aromatic N) is 2. The maximum absolute atomic E-state index is 4.36. The minimum Gasteiger partial charge on any atom is -0.353 e. The summed E-state index contributed by atoms with van der Waals surface area (Å²) in [6.07, 6.45) is 8.10. The van der Waals surface area contributed by atoms with E-state index in [4.69, 9.17) is 0 Å². The molecule has 3 heteroatoms. The van der Waals surface area contributed by atoms with E-state index in [0.29, 0.717) is 12.1 Å². The number of anilines is 1.